The van der Waals surface area contributed by atoms with Crippen molar-refractivity contribution in [3.05, 3.63) is 35.9 Å². The van der Waals surface area contributed by atoms with Gasteiger partial charge in [-0.3, -0.25) is 14.6 Å². The molecule has 2 rings (SSSR count). The second kappa shape index (κ2) is 8.15. The van der Waals surface area contributed by atoms with Gasteiger partial charge in [0.2, 0.25) is 5.91 Å². The third-order valence-electron chi connectivity index (χ3n) is 4.18. The van der Waals surface area contributed by atoms with Crippen LogP contribution >= 0.6 is 0 Å². The minimum atomic E-state index is 0.154. The molecular formula is C17H27N3O. The quantitative estimate of drug-likeness (QED) is 0.869. The third kappa shape index (κ3) is 4.83. The van der Waals surface area contributed by atoms with E-state index in [4.69, 9.17) is 0 Å². The highest BCUT2D eigenvalue weighted by atomic mass is 16.2. The van der Waals surface area contributed by atoms with E-state index < -0.39 is 0 Å². The molecule has 0 radical (unpaired) electrons. The molecule has 1 aliphatic rings. The van der Waals surface area contributed by atoms with Crippen LogP contribution in [0, 0.1) is 0 Å². The van der Waals surface area contributed by atoms with Crippen LogP contribution in [0.1, 0.15) is 31.9 Å². The molecule has 4 nitrogen and oxygen atoms in total. The Bertz CT molecular complexity index is 427. The summed E-state index contributed by atoms with van der Waals surface area (Å²) in [6.07, 6.45) is 0.994. The molecule has 1 fully saturated rings. The van der Waals surface area contributed by atoms with Gasteiger partial charge in [0.25, 0.3) is 0 Å². The van der Waals surface area contributed by atoms with Gasteiger partial charge in [-0.1, -0.05) is 37.3 Å². The first-order chi connectivity index (χ1) is 10.2. The molecule has 1 unspecified atom stereocenters. The Morgan fingerprint density at radius 2 is 1.86 bits per heavy atom. The molecule has 0 bridgehead atoms. The van der Waals surface area contributed by atoms with E-state index in [1.54, 1.807) is 0 Å². The van der Waals surface area contributed by atoms with Gasteiger partial charge >= 0.3 is 0 Å². The molecule has 116 valence electrons. The Hall–Kier alpha value is -1.39. The summed E-state index contributed by atoms with van der Waals surface area (Å²) >= 11 is 0. The summed E-state index contributed by atoms with van der Waals surface area (Å²) in [5.74, 6) is 0.154. The Labute approximate surface area is 128 Å². The smallest absolute Gasteiger partial charge is 0.234 e. The normalized spacial score (nSPS) is 18.4. The Morgan fingerprint density at radius 1 is 1.19 bits per heavy atom. The van der Waals surface area contributed by atoms with Gasteiger partial charge in [0.05, 0.1) is 6.54 Å². The lowest BCUT2D eigenvalue weighted by atomic mass is 10.1. The second-order valence-corrected chi connectivity index (χ2v) is 5.75. The molecule has 1 aromatic carbocycles. The van der Waals surface area contributed by atoms with E-state index in [9.17, 15) is 4.79 Å². The van der Waals surface area contributed by atoms with Gasteiger partial charge in [0.1, 0.15) is 0 Å². The first-order valence-corrected chi connectivity index (χ1v) is 7.98. The number of amides is 1. The Morgan fingerprint density at radius 3 is 2.48 bits per heavy atom. The molecule has 21 heavy (non-hydrogen) atoms. The number of hydrogen-bond acceptors (Lipinski definition) is 3. The Balaban J connectivity index is 1.76. The molecule has 1 amide bonds. The third-order valence-corrected chi connectivity index (χ3v) is 4.18. The van der Waals surface area contributed by atoms with Crippen LogP contribution in [-0.2, 0) is 4.79 Å². The zero-order valence-corrected chi connectivity index (χ0v) is 13.2. The number of nitrogens with zero attached hydrogens (tertiary/aromatic N) is 2. The summed E-state index contributed by atoms with van der Waals surface area (Å²) in [4.78, 5) is 16.5. The predicted molar refractivity (Wildman–Crippen MR) is 86.2 cm³/mol. The van der Waals surface area contributed by atoms with Crippen LogP contribution in [0.4, 0.5) is 0 Å². The first-order valence-electron chi connectivity index (χ1n) is 7.98. The van der Waals surface area contributed by atoms with E-state index in [-0.39, 0.29) is 5.91 Å². The molecule has 0 aliphatic carbocycles. The van der Waals surface area contributed by atoms with Crippen LogP contribution < -0.4 is 5.32 Å². The van der Waals surface area contributed by atoms with Crippen molar-refractivity contribution in [3.63, 3.8) is 0 Å². The fourth-order valence-corrected chi connectivity index (χ4v) is 2.77. The number of benzene rings is 1. The summed E-state index contributed by atoms with van der Waals surface area (Å²) in [7, 11) is 0. The highest BCUT2D eigenvalue weighted by molar-refractivity contribution is 5.77. The van der Waals surface area contributed by atoms with Crippen molar-refractivity contribution in [2.24, 2.45) is 0 Å². The average Bonchev–Trinajstić information content (AvgIpc) is 2.54. The van der Waals surface area contributed by atoms with E-state index in [0.29, 0.717) is 12.6 Å². The molecule has 1 aliphatic heterocycles. The maximum Gasteiger partial charge on any atom is 0.234 e. The molecule has 1 atom stereocenters. The van der Waals surface area contributed by atoms with E-state index in [0.717, 1.165) is 39.1 Å². The molecule has 1 saturated heterocycles. The average molecular weight is 289 g/mol. The minimum absolute atomic E-state index is 0.154. The summed E-state index contributed by atoms with van der Waals surface area (Å²) in [5, 5.41) is 2.95. The molecule has 1 heterocycles. The zero-order chi connectivity index (χ0) is 15.1. The van der Waals surface area contributed by atoms with Gasteiger partial charge in [-0.25, -0.2) is 0 Å². The van der Waals surface area contributed by atoms with Gasteiger partial charge in [-0.05, 0) is 18.9 Å². The maximum atomic E-state index is 11.7. The lowest BCUT2D eigenvalue weighted by Crippen LogP contribution is -2.50. The van der Waals surface area contributed by atoms with Gasteiger partial charge in [0, 0.05) is 38.8 Å². The molecule has 0 aromatic heterocycles. The fourth-order valence-electron chi connectivity index (χ4n) is 2.77. The number of hydrogen-bond donors (Lipinski definition) is 1. The Kier molecular flexibility index (Phi) is 6.21. The predicted octanol–water partition coefficient (Wildman–Crippen LogP) is 1.89. The van der Waals surface area contributed by atoms with Crippen molar-refractivity contribution in [1.29, 1.82) is 0 Å². The van der Waals surface area contributed by atoms with Crippen LogP contribution in [0.15, 0.2) is 30.3 Å². The van der Waals surface area contributed by atoms with E-state index in [2.05, 4.69) is 59.3 Å². The first kappa shape index (κ1) is 16.0. The van der Waals surface area contributed by atoms with E-state index >= 15 is 0 Å². The van der Waals surface area contributed by atoms with Gasteiger partial charge in [0.15, 0.2) is 0 Å². The van der Waals surface area contributed by atoms with Crippen molar-refractivity contribution in [3.8, 4) is 0 Å². The maximum absolute atomic E-state index is 11.7. The van der Waals surface area contributed by atoms with Crippen LogP contribution in [0.2, 0.25) is 0 Å². The van der Waals surface area contributed by atoms with Crippen LogP contribution in [0.5, 0.6) is 0 Å². The molecule has 1 N–H and O–H groups in total. The summed E-state index contributed by atoms with van der Waals surface area (Å²) in [6, 6.07) is 11.1. The molecule has 0 saturated carbocycles. The summed E-state index contributed by atoms with van der Waals surface area (Å²) < 4.78 is 0. The number of rotatable bonds is 6. The van der Waals surface area contributed by atoms with Crippen molar-refractivity contribution in [1.82, 2.24) is 15.1 Å². The topological polar surface area (TPSA) is 35.6 Å². The SMILES string of the molecule is CCCNC(=O)CN1CCN(C(C)c2ccccc2)CC1. The number of carbonyl (C=O) groups excluding carboxylic acids is 1. The van der Waals surface area contributed by atoms with Crippen LogP contribution in [0.3, 0.4) is 0 Å². The largest absolute Gasteiger partial charge is 0.355 e. The molecule has 4 heteroatoms. The monoisotopic (exact) mass is 289 g/mol. The second-order valence-electron chi connectivity index (χ2n) is 5.75. The van der Waals surface area contributed by atoms with Gasteiger partial charge in [-0.15, -0.1) is 0 Å². The lowest BCUT2D eigenvalue weighted by Gasteiger charge is -2.38. The van der Waals surface area contributed by atoms with Crippen molar-refractivity contribution in [2.45, 2.75) is 26.3 Å². The van der Waals surface area contributed by atoms with Crippen molar-refractivity contribution >= 4 is 5.91 Å². The van der Waals surface area contributed by atoms with Crippen LogP contribution in [0.25, 0.3) is 0 Å². The standard InChI is InChI=1S/C17H27N3O/c1-3-9-18-17(21)14-19-10-12-20(13-11-19)15(2)16-7-5-4-6-8-16/h4-8,15H,3,9-14H2,1-2H3,(H,18,21). The fraction of sp³-hybridized carbons (Fsp3) is 0.588. The van der Waals surface area contributed by atoms with Crippen molar-refractivity contribution < 1.29 is 4.79 Å². The number of piperazine rings is 1. The van der Waals surface area contributed by atoms with E-state index in [1.165, 1.54) is 5.56 Å². The highest BCUT2D eigenvalue weighted by Crippen LogP contribution is 2.20. The number of carbonyl (C=O) groups is 1. The van der Waals surface area contributed by atoms with Gasteiger partial charge in [-0.2, -0.15) is 0 Å². The zero-order valence-electron chi connectivity index (χ0n) is 13.2. The van der Waals surface area contributed by atoms with Crippen molar-refractivity contribution in [2.75, 3.05) is 39.3 Å². The molecule has 1 aromatic rings. The molecule has 0 spiro atoms. The van der Waals surface area contributed by atoms with Crippen LogP contribution in [-0.4, -0.2) is 55.0 Å². The minimum Gasteiger partial charge on any atom is -0.355 e. The molecular weight excluding hydrogens is 262 g/mol. The van der Waals surface area contributed by atoms with Gasteiger partial charge < -0.3 is 5.32 Å². The lowest BCUT2D eigenvalue weighted by molar-refractivity contribution is -0.122. The van der Waals surface area contributed by atoms with E-state index in [1.807, 2.05) is 0 Å². The highest BCUT2D eigenvalue weighted by Gasteiger charge is 2.22. The summed E-state index contributed by atoms with van der Waals surface area (Å²) in [5.41, 5.74) is 1.37. The number of nitrogens with one attached hydrogen (secondary N) is 1. The summed E-state index contributed by atoms with van der Waals surface area (Å²) in [6.45, 7) is 9.64.